The lowest BCUT2D eigenvalue weighted by Gasteiger charge is -2.11. The van der Waals surface area contributed by atoms with E-state index in [4.69, 9.17) is 0 Å². The van der Waals surface area contributed by atoms with Crippen LogP contribution in [0.25, 0.3) is 0 Å². The molecule has 0 heterocycles. The number of fused-ring (bicyclic) bond motifs is 1. The minimum absolute atomic E-state index is 0.269. The second kappa shape index (κ2) is 2.47. The lowest BCUT2D eigenvalue weighted by molar-refractivity contribution is -0.118. The van der Waals surface area contributed by atoms with Crippen molar-refractivity contribution in [2.75, 3.05) is 0 Å². The second-order valence-corrected chi connectivity index (χ2v) is 4.84. The normalized spacial score (nSPS) is 34.4. The number of carbonyl (C=O) groups is 1. The monoisotopic (exact) mass is 186 g/mol. The van der Waals surface area contributed by atoms with Crippen LogP contribution in [0.4, 0.5) is 0 Å². The Balaban J connectivity index is 1.97. The molecule has 0 spiro atoms. The molecule has 2 atom stereocenters. The van der Waals surface area contributed by atoms with E-state index in [1.54, 1.807) is 0 Å². The molecule has 3 rings (SSSR count). The molecule has 0 aliphatic heterocycles. The van der Waals surface area contributed by atoms with Gasteiger partial charge in [0, 0.05) is 18.3 Å². The van der Waals surface area contributed by atoms with E-state index in [-0.39, 0.29) is 5.41 Å². The van der Waals surface area contributed by atoms with Crippen molar-refractivity contribution in [3.63, 3.8) is 0 Å². The van der Waals surface area contributed by atoms with Gasteiger partial charge in [0.25, 0.3) is 0 Å². The van der Waals surface area contributed by atoms with E-state index in [0.717, 1.165) is 12.8 Å². The molecule has 0 amide bonds. The van der Waals surface area contributed by atoms with E-state index in [9.17, 15) is 4.79 Å². The number of carbonyl (C=O) groups excluding carboxylic acids is 1. The number of rotatable bonds is 1. The third-order valence-corrected chi connectivity index (χ3v) is 3.85. The van der Waals surface area contributed by atoms with Crippen LogP contribution in [-0.4, -0.2) is 5.78 Å². The van der Waals surface area contributed by atoms with Gasteiger partial charge in [0.1, 0.15) is 5.78 Å². The van der Waals surface area contributed by atoms with Crippen LogP contribution >= 0.6 is 0 Å². The summed E-state index contributed by atoms with van der Waals surface area (Å²) in [5.74, 6) is 1.12. The molecule has 0 N–H and O–H groups in total. The standard InChI is InChI=1S/C13H14O/c1-9-2-4-10(5-3-9)13-7-11(13)6-12(14)8-13/h2-5,11H,6-8H2,1H3. The fourth-order valence-electron chi connectivity index (χ4n) is 2.90. The summed E-state index contributed by atoms with van der Waals surface area (Å²) in [7, 11) is 0. The molecule has 0 saturated heterocycles. The van der Waals surface area contributed by atoms with Gasteiger partial charge in [0.05, 0.1) is 0 Å². The Morgan fingerprint density at radius 3 is 2.57 bits per heavy atom. The summed E-state index contributed by atoms with van der Waals surface area (Å²) in [6.45, 7) is 2.10. The molecule has 1 aromatic rings. The highest BCUT2D eigenvalue weighted by Crippen LogP contribution is 2.63. The van der Waals surface area contributed by atoms with Gasteiger partial charge in [-0.2, -0.15) is 0 Å². The number of Topliss-reactive ketones (excluding diaryl/α,β-unsaturated/α-hetero) is 1. The van der Waals surface area contributed by atoms with E-state index < -0.39 is 0 Å². The average molecular weight is 186 g/mol. The van der Waals surface area contributed by atoms with Gasteiger partial charge in [0.2, 0.25) is 0 Å². The lowest BCUT2D eigenvalue weighted by atomic mass is 9.92. The van der Waals surface area contributed by atoms with Crippen LogP contribution in [0.3, 0.4) is 0 Å². The first-order valence-electron chi connectivity index (χ1n) is 5.29. The van der Waals surface area contributed by atoms with Crippen molar-refractivity contribution in [2.45, 2.75) is 31.6 Å². The highest BCUT2D eigenvalue weighted by molar-refractivity contribution is 5.85. The largest absolute Gasteiger partial charge is 0.300 e. The molecule has 0 bridgehead atoms. The van der Waals surface area contributed by atoms with E-state index in [2.05, 4.69) is 31.2 Å². The Kier molecular flexibility index (Phi) is 1.45. The minimum Gasteiger partial charge on any atom is -0.300 e. The molecule has 2 aliphatic carbocycles. The van der Waals surface area contributed by atoms with Gasteiger partial charge in [-0.15, -0.1) is 0 Å². The van der Waals surface area contributed by atoms with Crippen molar-refractivity contribution in [2.24, 2.45) is 5.92 Å². The molecule has 1 heteroatoms. The van der Waals surface area contributed by atoms with Crippen LogP contribution in [0.2, 0.25) is 0 Å². The molecule has 1 aromatic carbocycles. The van der Waals surface area contributed by atoms with E-state index in [1.807, 2.05) is 0 Å². The van der Waals surface area contributed by atoms with E-state index in [0.29, 0.717) is 11.7 Å². The maximum absolute atomic E-state index is 11.3. The molecule has 14 heavy (non-hydrogen) atoms. The molecule has 2 saturated carbocycles. The summed E-state index contributed by atoms with van der Waals surface area (Å²) in [4.78, 5) is 11.3. The van der Waals surface area contributed by atoms with Crippen molar-refractivity contribution in [3.05, 3.63) is 35.4 Å². The fourth-order valence-corrected chi connectivity index (χ4v) is 2.90. The Morgan fingerprint density at radius 2 is 2.00 bits per heavy atom. The second-order valence-electron chi connectivity index (χ2n) is 4.84. The van der Waals surface area contributed by atoms with Gasteiger partial charge in [0.15, 0.2) is 0 Å². The summed E-state index contributed by atoms with van der Waals surface area (Å²) in [5, 5.41) is 0. The third kappa shape index (κ3) is 0.985. The fraction of sp³-hybridized carbons (Fsp3) is 0.462. The van der Waals surface area contributed by atoms with Gasteiger partial charge >= 0.3 is 0 Å². The minimum atomic E-state index is 0.269. The van der Waals surface area contributed by atoms with Crippen LogP contribution in [0.15, 0.2) is 24.3 Å². The maximum atomic E-state index is 11.3. The van der Waals surface area contributed by atoms with Crippen molar-refractivity contribution in [1.29, 1.82) is 0 Å². The number of aryl methyl sites for hydroxylation is 1. The van der Waals surface area contributed by atoms with Gasteiger partial charge in [-0.3, -0.25) is 4.79 Å². The summed E-state index contributed by atoms with van der Waals surface area (Å²) >= 11 is 0. The molecule has 0 radical (unpaired) electrons. The van der Waals surface area contributed by atoms with Gasteiger partial charge in [-0.1, -0.05) is 29.8 Å². The first-order valence-corrected chi connectivity index (χ1v) is 5.29. The number of benzene rings is 1. The van der Waals surface area contributed by atoms with Gasteiger partial charge in [-0.25, -0.2) is 0 Å². The van der Waals surface area contributed by atoms with Crippen LogP contribution in [0, 0.1) is 12.8 Å². The highest BCUT2D eigenvalue weighted by atomic mass is 16.1. The zero-order valence-corrected chi connectivity index (χ0v) is 8.42. The Morgan fingerprint density at radius 1 is 1.29 bits per heavy atom. The molecular formula is C13H14O. The number of ketones is 1. The Hall–Kier alpha value is -1.11. The van der Waals surface area contributed by atoms with Crippen molar-refractivity contribution in [1.82, 2.24) is 0 Å². The Bertz CT molecular complexity index is 390. The lowest BCUT2D eigenvalue weighted by Crippen LogP contribution is -2.07. The van der Waals surface area contributed by atoms with Crippen molar-refractivity contribution in [3.8, 4) is 0 Å². The average Bonchev–Trinajstić information content (AvgIpc) is 2.71. The first kappa shape index (κ1) is 8.22. The Labute approximate surface area is 84.1 Å². The highest BCUT2D eigenvalue weighted by Gasteiger charge is 2.60. The molecule has 1 nitrogen and oxygen atoms in total. The summed E-state index contributed by atoms with van der Waals surface area (Å²) in [5.41, 5.74) is 2.95. The quantitative estimate of drug-likeness (QED) is 0.659. The summed E-state index contributed by atoms with van der Waals surface area (Å²) < 4.78 is 0. The van der Waals surface area contributed by atoms with Gasteiger partial charge < -0.3 is 0 Å². The number of hydrogen-bond acceptors (Lipinski definition) is 1. The van der Waals surface area contributed by atoms with Crippen LogP contribution in [-0.2, 0) is 10.2 Å². The van der Waals surface area contributed by atoms with Gasteiger partial charge in [-0.05, 0) is 24.8 Å². The van der Waals surface area contributed by atoms with Crippen molar-refractivity contribution >= 4 is 5.78 Å². The van der Waals surface area contributed by atoms with Crippen LogP contribution in [0.1, 0.15) is 30.4 Å². The SMILES string of the molecule is Cc1ccc(C23CC(=O)CC2C3)cc1. The number of hydrogen-bond donors (Lipinski definition) is 0. The predicted octanol–water partition coefficient (Wildman–Crippen LogP) is 2.62. The molecule has 2 aliphatic rings. The molecule has 2 unspecified atom stereocenters. The topological polar surface area (TPSA) is 17.1 Å². The zero-order valence-electron chi connectivity index (χ0n) is 8.42. The van der Waals surface area contributed by atoms with E-state index in [1.165, 1.54) is 17.5 Å². The molecule has 2 fully saturated rings. The molecule has 0 aromatic heterocycles. The van der Waals surface area contributed by atoms with E-state index >= 15 is 0 Å². The van der Waals surface area contributed by atoms with Crippen LogP contribution in [0.5, 0.6) is 0 Å². The maximum Gasteiger partial charge on any atom is 0.134 e. The van der Waals surface area contributed by atoms with Crippen LogP contribution < -0.4 is 0 Å². The molecular weight excluding hydrogens is 172 g/mol. The zero-order chi connectivity index (χ0) is 9.76. The predicted molar refractivity (Wildman–Crippen MR) is 55.2 cm³/mol. The third-order valence-electron chi connectivity index (χ3n) is 3.85. The summed E-state index contributed by atoms with van der Waals surface area (Å²) in [6.07, 6.45) is 2.86. The summed E-state index contributed by atoms with van der Waals surface area (Å²) in [6, 6.07) is 8.71. The van der Waals surface area contributed by atoms with Crippen molar-refractivity contribution < 1.29 is 4.79 Å². The first-order chi connectivity index (χ1) is 6.71. The smallest absolute Gasteiger partial charge is 0.134 e. The molecule has 72 valence electrons.